The lowest BCUT2D eigenvalue weighted by Crippen LogP contribution is -1.90. The van der Waals surface area contributed by atoms with Crippen LogP contribution in [0.3, 0.4) is 0 Å². The van der Waals surface area contributed by atoms with Gasteiger partial charge in [-0.3, -0.25) is 0 Å². The van der Waals surface area contributed by atoms with Gasteiger partial charge in [-0.1, -0.05) is 0 Å². The molecule has 0 atom stereocenters. The average Bonchev–Trinajstić information content (AvgIpc) is 2.46. The second kappa shape index (κ2) is 2.63. The summed E-state index contributed by atoms with van der Waals surface area (Å²) >= 11 is 5.47. The fourth-order valence-corrected chi connectivity index (χ4v) is 1.04. The SMILES string of the molecule is O=[N+]([O-])c1n[nH]c2cnc(Cl)nc12. The molecule has 0 saturated heterocycles. The van der Waals surface area contributed by atoms with Crippen LogP contribution < -0.4 is 0 Å². The third-order valence-electron chi connectivity index (χ3n) is 1.43. The Morgan fingerprint density at radius 3 is 3.08 bits per heavy atom. The topological polar surface area (TPSA) is 97.6 Å². The van der Waals surface area contributed by atoms with E-state index in [1.807, 2.05) is 0 Å². The lowest BCUT2D eigenvalue weighted by Gasteiger charge is -1.88. The maximum Gasteiger partial charge on any atom is 0.416 e. The van der Waals surface area contributed by atoms with Crippen LogP contribution in [0.5, 0.6) is 0 Å². The van der Waals surface area contributed by atoms with E-state index in [1.165, 1.54) is 6.20 Å². The molecule has 0 fully saturated rings. The summed E-state index contributed by atoms with van der Waals surface area (Å²) in [5.41, 5.74) is 0.501. The third-order valence-corrected chi connectivity index (χ3v) is 1.61. The van der Waals surface area contributed by atoms with E-state index in [-0.39, 0.29) is 16.6 Å². The van der Waals surface area contributed by atoms with E-state index >= 15 is 0 Å². The number of hydrogen-bond donors (Lipinski definition) is 1. The minimum atomic E-state index is -0.637. The molecule has 0 aliphatic heterocycles. The Morgan fingerprint density at radius 2 is 2.38 bits per heavy atom. The van der Waals surface area contributed by atoms with Crippen LogP contribution in [0.2, 0.25) is 5.28 Å². The second-order valence-corrected chi connectivity index (χ2v) is 2.54. The molecule has 2 aromatic rings. The Morgan fingerprint density at radius 1 is 1.62 bits per heavy atom. The van der Waals surface area contributed by atoms with Crippen molar-refractivity contribution in [1.29, 1.82) is 0 Å². The van der Waals surface area contributed by atoms with Crippen LogP contribution in [0.1, 0.15) is 0 Å². The Hall–Kier alpha value is -1.76. The summed E-state index contributed by atoms with van der Waals surface area (Å²) in [7, 11) is 0. The first-order valence-corrected chi connectivity index (χ1v) is 3.57. The molecule has 0 aromatic carbocycles. The zero-order chi connectivity index (χ0) is 9.42. The molecule has 1 N–H and O–H groups in total. The summed E-state index contributed by atoms with van der Waals surface area (Å²) in [5.74, 6) is -0.348. The highest BCUT2D eigenvalue weighted by molar-refractivity contribution is 6.28. The third kappa shape index (κ3) is 1.18. The molecule has 7 nitrogen and oxygen atoms in total. The molecule has 2 aromatic heterocycles. The molecule has 0 aliphatic carbocycles. The number of nitro groups is 1. The number of aromatic nitrogens is 4. The van der Waals surface area contributed by atoms with Crippen LogP contribution >= 0.6 is 11.6 Å². The fraction of sp³-hybridized carbons (Fsp3) is 0. The molecular weight excluding hydrogens is 198 g/mol. The van der Waals surface area contributed by atoms with Crippen LogP contribution in [0.4, 0.5) is 5.82 Å². The van der Waals surface area contributed by atoms with Crippen LogP contribution in [0, 0.1) is 10.1 Å². The number of H-pyrrole nitrogens is 1. The second-order valence-electron chi connectivity index (χ2n) is 2.21. The van der Waals surface area contributed by atoms with Crippen molar-refractivity contribution in [3.05, 3.63) is 21.6 Å². The van der Waals surface area contributed by atoms with Gasteiger partial charge in [-0.15, -0.1) is 0 Å². The molecule has 2 heterocycles. The standard InChI is InChI=1S/C5H2ClN5O2/c6-5-7-1-2-3(8-5)4(10-9-2)11(12)13/h1H,(H,9,10). The van der Waals surface area contributed by atoms with E-state index in [9.17, 15) is 10.1 Å². The molecule has 66 valence electrons. The number of nitrogens with one attached hydrogen (secondary N) is 1. The molecule has 2 rings (SSSR count). The maximum atomic E-state index is 10.4. The zero-order valence-corrected chi connectivity index (χ0v) is 6.82. The summed E-state index contributed by atoms with van der Waals surface area (Å²) in [6, 6.07) is 0. The number of aromatic amines is 1. The van der Waals surface area contributed by atoms with Crippen LogP contribution in [0.25, 0.3) is 11.0 Å². The Kier molecular flexibility index (Phi) is 1.59. The minimum Gasteiger partial charge on any atom is -0.358 e. The Bertz CT molecular complexity index is 481. The molecule has 0 radical (unpaired) electrons. The van der Waals surface area contributed by atoms with E-state index in [0.717, 1.165) is 0 Å². The molecule has 0 unspecified atom stereocenters. The van der Waals surface area contributed by atoms with Gasteiger partial charge in [-0.25, -0.2) is 9.97 Å². The van der Waals surface area contributed by atoms with E-state index < -0.39 is 4.92 Å². The van der Waals surface area contributed by atoms with Gasteiger partial charge in [0.1, 0.15) is 5.52 Å². The predicted molar refractivity (Wildman–Crippen MR) is 43.3 cm³/mol. The van der Waals surface area contributed by atoms with Gasteiger partial charge in [-0.05, 0) is 16.5 Å². The molecule has 8 heteroatoms. The first kappa shape index (κ1) is 7.87. The predicted octanol–water partition coefficient (Wildman–Crippen LogP) is 0.914. The molecule has 0 amide bonds. The maximum absolute atomic E-state index is 10.4. The average molecular weight is 200 g/mol. The summed E-state index contributed by atoms with van der Waals surface area (Å²) in [6.45, 7) is 0. The van der Waals surface area contributed by atoms with Gasteiger partial charge in [0.15, 0.2) is 5.52 Å². The number of halogens is 1. The van der Waals surface area contributed by atoms with Crippen molar-refractivity contribution in [1.82, 2.24) is 20.2 Å². The molecule has 13 heavy (non-hydrogen) atoms. The van der Waals surface area contributed by atoms with Gasteiger partial charge >= 0.3 is 5.82 Å². The van der Waals surface area contributed by atoms with Gasteiger partial charge in [-0.2, -0.15) is 5.10 Å². The monoisotopic (exact) mass is 199 g/mol. The Balaban J connectivity index is 2.79. The van der Waals surface area contributed by atoms with Crippen molar-refractivity contribution in [3.8, 4) is 0 Å². The van der Waals surface area contributed by atoms with Gasteiger partial charge in [0.2, 0.25) is 5.28 Å². The minimum absolute atomic E-state index is 0.0444. The van der Waals surface area contributed by atoms with Gasteiger partial charge in [0, 0.05) is 0 Å². The zero-order valence-electron chi connectivity index (χ0n) is 6.06. The van der Waals surface area contributed by atoms with E-state index in [2.05, 4.69) is 20.2 Å². The summed E-state index contributed by atoms with van der Waals surface area (Å²) < 4.78 is 0. The highest BCUT2D eigenvalue weighted by Gasteiger charge is 2.18. The number of fused-ring (bicyclic) bond motifs is 1. The molecule has 0 spiro atoms. The van der Waals surface area contributed by atoms with Gasteiger partial charge in [0.05, 0.1) is 11.3 Å². The number of nitrogens with zero attached hydrogens (tertiary/aromatic N) is 4. The Labute approximate surface area is 75.9 Å². The number of hydrogen-bond acceptors (Lipinski definition) is 5. The molecule has 0 aliphatic rings. The summed E-state index contributed by atoms with van der Waals surface area (Å²) in [5, 5.41) is 16.2. The van der Waals surface area contributed by atoms with Crippen molar-refractivity contribution in [2.24, 2.45) is 0 Å². The normalized spacial score (nSPS) is 10.5. The van der Waals surface area contributed by atoms with Crippen molar-refractivity contribution in [2.45, 2.75) is 0 Å². The summed E-state index contributed by atoms with van der Waals surface area (Å²) in [6.07, 6.45) is 1.34. The highest BCUT2D eigenvalue weighted by Crippen LogP contribution is 2.19. The lowest BCUT2D eigenvalue weighted by atomic mass is 10.4. The van der Waals surface area contributed by atoms with E-state index in [1.54, 1.807) is 0 Å². The smallest absolute Gasteiger partial charge is 0.358 e. The summed E-state index contributed by atoms with van der Waals surface area (Å²) in [4.78, 5) is 17.1. The van der Waals surface area contributed by atoms with Gasteiger partial charge < -0.3 is 10.1 Å². The highest BCUT2D eigenvalue weighted by atomic mass is 35.5. The van der Waals surface area contributed by atoms with Crippen LogP contribution in [-0.4, -0.2) is 25.1 Å². The molecule has 0 bridgehead atoms. The van der Waals surface area contributed by atoms with Crippen molar-refractivity contribution in [2.75, 3.05) is 0 Å². The quantitative estimate of drug-likeness (QED) is 0.418. The first-order chi connectivity index (χ1) is 6.18. The lowest BCUT2D eigenvalue weighted by molar-refractivity contribution is -0.388. The first-order valence-electron chi connectivity index (χ1n) is 3.19. The van der Waals surface area contributed by atoms with E-state index in [0.29, 0.717) is 5.52 Å². The molecule has 0 saturated carbocycles. The van der Waals surface area contributed by atoms with Gasteiger partial charge in [0.25, 0.3) is 0 Å². The van der Waals surface area contributed by atoms with Crippen LogP contribution in [0.15, 0.2) is 6.20 Å². The number of rotatable bonds is 1. The van der Waals surface area contributed by atoms with Crippen LogP contribution in [-0.2, 0) is 0 Å². The van der Waals surface area contributed by atoms with E-state index in [4.69, 9.17) is 11.6 Å². The largest absolute Gasteiger partial charge is 0.416 e. The fourth-order valence-electron chi connectivity index (χ4n) is 0.906. The van der Waals surface area contributed by atoms with Crippen molar-refractivity contribution < 1.29 is 4.92 Å². The molecular formula is C5H2ClN5O2. The van der Waals surface area contributed by atoms with Crippen molar-refractivity contribution in [3.63, 3.8) is 0 Å². The van der Waals surface area contributed by atoms with Crippen molar-refractivity contribution >= 4 is 28.5 Å².